The smallest absolute Gasteiger partial charge is 0.322 e. The van der Waals surface area contributed by atoms with Crippen LogP contribution in [0.3, 0.4) is 0 Å². The minimum Gasteiger partial charge on any atom is -0.372 e. The largest absolute Gasteiger partial charge is 0.372 e. The third-order valence-electron chi connectivity index (χ3n) is 4.40. The fraction of sp³-hybridized carbons (Fsp3) is 0.588. The molecule has 1 aromatic carbocycles. The molecule has 2 atom stereocenters. The molecule has 2 amide bonds. The van der Waals surface area contributed by atoms with E-state index in [0.717, 1.165) is 12.8 Å². The fourth-order valence-electron chi connectivity index (χ4n) is 3.43. The van der Waals surface area contributed by atoms with Crippen molar-refractivity contribution in [1.82, 2.24) is 4.90 Å². The number of benzene rings is 1. The molecule has 0 spiro atoms. The van der Waals surface area contributed by atoms with E-state index in [0.29, 0.717) is 26.2 Å². The number of hydrogen-bond acceptors (Lipinski definition) is 3. The van der Waals surface area contributed by atoms with Crippen molar-refractivity contribution in [2.24, 2.45) is 0 Å². The summed E-state index contributed by atoms with van der Waals surface area (Å²) in [5, 5.41) is 2.59. The predicted molar refractivity (Wildman–Crippen MR) is 88.4 cm³/mol. The molecule has 3 rings (SSSR count). The van der Waals surface area contributed by atoms with Crippen molar-refractivity contribution in [3.63, 3.8) is 0 Å². The van der Waals surface area contributed by atoms with Crippen molar-refractivity contribution >= 4 is 17.4 Å². The van der Waals surface area contributed by atoms with E-state index < -0.39 is 11.6 Å². The van der Waals surface area contributed by atoms with Gasteiger partial charge in [-0.05, 0) is 38.8 Å². The maximum atomic E-state index is 14.3. The third kappa shape index (κ3) is 3.61. The number of hydrogen-bond donors (Lipinski definition) is 1. The molecule has 0 aromatic heterocycles. The Labute approximate surface area is 140 Å². The van der Waals surface area contributed by atoms with E-state index in [1.807, 2.05) is 13.8 Å². The lowest BCUT2D eigenvalue weighted by molar-refractivity contribution is -0.0530. The second-order valence-corrected chi connectivity index (χ2v) is 6.58. The van der Waals surface area contributed by atoms with Gasteiger partial charge in [0.1, 0.15) is 5.69 Å². The summed E-state index contributed by atoms with van der Waals surface area (Å²) in [5.74, 6) is -1.29. The highest BCUT2D eigenvalue weighted by Gasteiger charge is 2.27. The zero-order valence-electron chi connectivity index (χ0n) is 14.0. The van der Waals surface area contributed by atoms with E-state index in [1.165, 1.54) is 12.1 Å². The summed E-state index contributed by atoms with van der Waals surface area (Å²) in [4.78, 5) is 15.6. The quantitative estimate of drug-likeness (QED) is 0.900. The molecular formula is C17H23F2N3O2. The lowest BCUT2D eigenvalue weighted by atomic mass is 10.2. The van der Waals surface area contributed by atoms with Crippen molar-refractivity contribution in [3.8, 4) is 0 Å². The number of amides is 2. The number of halogens is 2. The first kappa shape index (κ1) is 17.0. The molecule has 2 saturated heterocycles. The predicted octanol–water partition coefficient (Wildman–Crippen LogP) is 3.21. The van der Waals surface area contributed by atoms with Gasteiger partial charge in [-0.1, -0.05) is 0 Å². The van der Waals surface area contributed by atoms with Gasteiger partial charge in [0.25, 0.3) is 0 Å². The Morgan fingerprint density at radius 3 is 2.21 bits per heavy atom. The Morgan fingerprint density at radius 2 is 1.67 bits per heavy atom. The number of nitrogens with one attached hydrogen (secondary N) is 1. The normalized spacial score (nSPS) is 24.3. The number of urea groups is 1. The minimum absolute atomic E-state index is 0.000819. The Kier molecular flexibility index (Phi) is 4.89. The second kappa shape index (κ2) is 6.93. The molecule has 0 aliphatic carbocycles. The van der Waals surface area contributed by atoms with Crippen LogP contribution < -0.4 is 10.2 Å². The Bertz CT molecular complexity index is 587. The number of ether oxygens (including phenoxy) is 1. The van der Waals surface area contributed by atoms with E-state index in [9.17, 15) is 13.6 Å². The maximum absolute atomic E-state index is 14.3. The molecule has 0 saturated carbocycles. The van der Waals surface area contributed by atoms with Crippen molar-refractivity contribution in [1.29, 1.82) is 0 Å². The first-order valence-electron chi connectivity index (χ1n) is 8.39. The number of carbonyl (C=O) groups excluding carboxylic acids is 1. The SMILES string of the molecule is CC1CN(C(=O)Nc2cc(F)c(N3CCCC3)c(F)c2)CC(C)O1. The maximum Gasteiger partial charge on any atom is 0.322 e. The summed E-state index contributed by atoms with van der Waals surface area (Å²) in [5.41, 5.74) is 0.129. The van der Waals surface area contributed by atoms with Crippen LogP contribution in [0.5, 0.6) is 0 Å². The molecule has 132 valence electrons. The summed E-state index contributed by atoms with van der Waals surface area (Å²) in [7, 11) is 0. The summed E-state index contributed by atoms with van der Waals surface area (Å²) in [6, 6.07) is 1.99. The van der Waals surface area contributed by atoms with Crippen LogP contribution in [0.15, 0.2) is 12.1 Å². The molecule has 2 fully saturated rings. The molecule has 0 bridgehead atoms. The average molecular weight is 339 g/mol. The van der Waals surface area contributed by atoms with Crippen LogP contribution in [0.4, 0.5) is 25.0 Å². The zero-order chi connectivity index (χ0) is 17.3. The number of carbonyl (C=O) groups is 1. The molecular weight excluding hydrogens is 316 g/mol. The van der Waals surface area contributed by atoms with Crippen molar-refractivity contribution in [3.05, 3.63) is 23.8 Å². The highest BCUT2D eigenvalue weighted by molar-refractivity contribution is 5.89. The van der Waals surface area contributed by atoms with E-state index in [-0.39, 0.29) is 29.6 Å². The molecule has 2 aliphatic rings. The lowest BCUT2D eigenvalue weighted by Gasteiger charge is -2.35. The topological polar surface area (TPSA) is 44.8 Å². The second-order valence-electron chi connectivity index (χ2n) is 6.58. The molecule has 5 nitrogen and oxygen atoms in total. The summed E-state index contributed by atoms with van der Waals surface area (Å²) < 4.78 is 34.2. The molecule has 7 heteroatoms. The van der Waals surface area contributed by atoms with Crippen molar-refractivity contribution < 1.29 is 18.3 Å². The standard InChI is InChI=1S/C17H23F2N3O2/c1-11-9-22(10-12(2)24-11)17(23)20-13-7-14(18)16(15(19)8-13)21-5-3-4-6-21/h7-8,11-12H,3-6,9-10H2,1-2H3,(H,20,23). The fourth-order valence-corrected chi connectivity index (χ4v) is 3.43. The van der Waals surface area contributed by atoms with E-state index in [4.69, 9.17) is 4.74 Å². The van der Waals surface area contributed by atoms with Gasteiger partial charge in [0.15, 0.2) is 11.6 Å². The minimum atomic E-state index is -0.643. The highest BCUT2D eigenvalue weighted by atomic mass is 19.1. The first-order chi connectivity index (χ1) is 11.4. The highest BCUT2D eigenvalue weighted by Crippen LogP contribution is 2.29. The van der Waals surface area contributed by atoms with Crippen LogP contribution in [0.2, 0.25) is 0 Å². The van der Waals surface area contributed by atoms with E-state index >= 15 is 0 Å². The summed E-state index contributed by atoms with van der Waals surface area (Å²) in [6.07, 6.45) is 1.74. The summed E-state index contributed by atoms with van der Waals surface area (Å²) >= 11 is 0. The number of morpholine rings is 1. The van der Waals surface area contributed by atoms with Gasteiger partial charge in [-0.25, -0.2) is 13.6 Å². The number of nitrogens with zero attached hydrogens (tertiary/aromatic N) is 2. The van der Waals surface area contributed by atoms with Gasteiger partial charge in [-0.2, -0.15) is 0 Å². The Balaban J connectivity index is 1.72. The van der Waals surface area contributed by atoms with Crippen LogP contribution in [0.1, 0.15) is 26.7 Å². The van der Waals surface area contributed by atoms with Crippen LogP contribution in [0, 0.1) is 11.6 Å². The van der Waals surface area contributed by atoms with Gasteiger partial charge in [0, 0.05) is 31.9 Å². The molecule has 2 aliphatic heterocycles. The van der Waals surface area contributed by atoms with Gasteiger partial charge < -0.3 is 19.9 Å². The number of anilines is 2. The molecule has 1 aromatic rings. The van der Waals surface area contributed by atoms with Gasteiger partial charge in [-0.15, -0.1) is 0 Å². The third-order valence-corrected chi connectivity index (χ3v) is 4.40. The van der Waals surface area contributed by atoms with Crippen LogP contribution in [0.25, 0.3) is 0 Å². The van der Waals surface area contributed by atoms with Gasteiger partial charge in [0.05, 0.1) is 12.2 Å². The van der Waals surface area contributed by atoms with Crippen molar-refractivity contribution in [2.75, 3.05) is 36.4 Å². The first-order valence-corrected chi connectivity index (χ1v) is 8.39. The monoisotopic (exact) mass is 339 g/mol. The molecule has 2 heterocycles. The van der Waals surface area contributed by atoms with E-state index in [1.54, 1.807) is 9.80 Å². The van der Waals surface area contributed by atoms with Gasteiger partial charge in [0.2, 0.25) is 0 Å². The molecule has 0 radical (unpaired) electrons. The van der Waals surface area contributed by atoms with Crippen molar-refractivity contribution in [2.45, 2.75) is 38.9 Å². The summed E-state index contributed by atoms with van der Waals surface area (Å²) in [6.45, 7) is 5.99. The Hall–Kier alpha value is -1.89. The van der Waals surface area contributed by atoms with Gasteiger partial charge in [-0.3, -0.25) is 0 Å². The van der Waals surface area contributed by atoms with Crippen LogP contribution in [-0.2, 0) is 4.74 Å². The van der Waals surface area contributed by atoms with Crippen LogP contribution >= 0.6 is 0 Å². The average Bonchev–Trinajstić information content (AvgIpc) is 2.99. The van der Waals surface area contributed by atoms with Crippen LogP contribution in [-0.4, -0.2) is 49.3 Å². The molecule has 24 heavy (non-hydrogen) atoms. The van der Waals surface area contributed by atoms with Gasteiger partial charge >= 0.3 is 6.03 Å². The zero-order valence-corrected chi connectivity index (χ0v) is 14.0. The lowest BCUT2D eigenvalue weighted by Crippen LogP contribution is -2.49. The number of rotatable bonds is 2. The molecule has 1 N–H and O–H groups in total. The molecule has 2 unspecified atom stereocenters. The van der Waals surface area contributed by atoms with E-state index in [2.05, 4.69) is 5.32 Å². The Morgan fingerprint density at radius 1 is 1.12 bits per heavy atom.